The average Bonchev–Trinajstić information content (AvgIpc) is 2.63. The van der Waals surface area contributed by atoms with Crippen molar-refractivity contribution in [2.24, 2.45) is 23.5 Å². The van der Waals surface area contributed by atoms with E-state index in [1.807, 2.05) is 27.7 Å². The van der Waals surface area contributed by atoms with Gasteiger partial charge in [-0.2, -0.15) is 0 Å². The summed E-state index contributed by atoms with van der Waals surface area (Å²) in [4.78, 5) is 50.7. The second-order valence-electron chi connectivity index (χ2n) is 8.35. The zero-order valence-corrected chi connectivity index (χ0v) is 18.9. The number of carboxylic acids is 1. The number of carboxylic acid groups (broad SMARTS) is 1. The van der Waals surface area contributed by atoms with E-state index in [1.165, 1.54) is 18.9 Å². The Kier molecular flexibility index (Phi) is 10.9. The van der Waals surface area contributed by atoms with E-state index in [2.05, 4.69) is 10.6 Å². The molecule has 0 aliphatic heterocycles. The second kappa shape index (κ2) is 11.7. The molecule has 0 rings (SSSR count). The van der Waals surface area contributed by atoms with Crippen LogP contribution in [0.5, 0.6) is 0 Å². The van der Waals surface area contributed by atoms with E-state index in [1.54, 1.807) is 13.8 Å². The molecule has 0 fully saturated rings. The van der Waals surface area contributed by atoms with Crippen LogP contribution in [0.1, 0.15) is 54.9 Å². The van der Waals surface area contributed by atoms with Crippen molar-refractivity contribution in [1.29, 1.82) is 0 Å². The average molecular weight is 415 g/mol. The largest absolute Gasteiger partial charge is 0.480 e. The minimum Gasteiger partial charge on any atom is -0.480 e. The minimum atomic E-state index is -1.16. The number of amides is 3. The highest BCUT2D eigenvalue weighted by atomic mass is 16.4. The molecule has 0 aliphatic rings. The van der Waals surface area contributed by atoms with Crippen LogP contribution in [-0.4, -0.2) is 64.9 Å². The number of nitrogens with two attached hydrogens (primary N) is 1. The number of carbonyl (C=O) groups is 4. The molecule has 0 saturated heterocycles. The lowest BCUT2D eigenvalue weighted by atomic mass is 9.94. The topological polar surface area (TPSA) is 142 Å². The van der Waals surface area contributed by atoms with Crippen LogP contribution in [-0.2, 0) is 19.2 Å². The lowest BCUT2D eigenvalue weighted by molar-refractivity contribution is -0.146. The Labute approximate surface area is 173 Å². The number of nitrogens with zero attached hydrogens (tertiary/aromatic N) is 1. The minimum absolute atomic E-state index is 0.0909. The SMILES string of the molecule is CC[C@H](C)[C@@H](C(=O)N[C@@H](C)C(=O)O)N(C)C(=O)[C@@H](NC(=O)[C@@H](N)C(C)C)C(C)C. The van der Waals surface area contributed by atoms with Crippen LogP contribution < -0.4 is 16.4 Å². The van der Waals surface area contributed by atoms with Crippen LogP contribution >= 0.6 is 0 Å². The lowest BCUT2D eigenvalue weighted by Crippen LogP contribution is -2.60. The van der Waals surface area contributed by atoms with E-state index >= 15 is 0 Å². The van der Waals surface area contributed by atoms with E-state index in [9.17, 15) is 19.2 Å². The molecule has 0 saturated carbocycles. The van der Waals surface area contributed by atoms with Gasteiger partial charge in [-0.1, -0.05) is 48.0 Å². The number of rotatable bonds is 11. The highest BCUT2D eigenvalue weighted by Gasteiger charge is 2.37. The molecule has 168 valence electrons. The molecule has 29 heavy (non-hydrogen) atoms. The Morgan fingerprint density at radius 3 is 1.83 bits per heavy atom. The van der Waals surface area contributed by atoms with Crippen molar-refractivity contribution in [2.45, 2.75) is 79.1 Å². The Morgan fingerprint density at radius 1 is 0.931 bits per heavy atom. The van der Waals surface area contributed by atoms with Gasteiger partial charge in [0.1, 0.15) is 18.1 Å². The fourth-order valence-corrected chi connectivity index (χ4v) is 2.82. The van der Waals surface area contributed by atoms with Gasteiger partial charge in [-0.25, -0.2) is 0 Å². The summed E-state index contributed by atoms with van der Waals surface area (Å²) in [6.45, 7) is 12.3. The summed E-state index contributed by atoms with van der Waals surface area (Å²) in [5, 5.41) is 14.2. The van der Waals surface area contributed by atoms with Crippen molar-refractivity contribution in [3.8, 4) is 0 Å². The van der Waals surface area contributed by atoms with Gasteiger partial charge in [0.05, 0.1) is 6.04 Å². The van der Waals surface area contributed by atoms with Crippen LogP contribution in [0.2, 0.25) is 0 Å². The summed E-state index contributed by atoms with van der Waals surface area (Å²) in [5.41, 5.74) is 5.89. The number of hydrogen-bond donors (Lipinski definition) is 4. The summed E-state index contributed by atoms with van der Waals surface area (Å²) in [5.74, 6) is -3.09. The van der Waals surface area contributed by atoms with Crippen molar-refractivity contribution in [2.75, 3.05) is 7.05 Å². The molecule has 5 N–H and O–H groups in total. The van der Waals surface area contributed by atoms with Crippen LogP contribution in [0.3, 0.4) is 0 Å². The molecule has 0 aromatic carbocycles. The molecule has 0 aromatic rings. The summed E-state index contributed by atoms with van der Waals surface area (Å²) in [7, 11) is 1.49. The Morgan fingerprint density at radius 2 is 1.45 bits per heavy atom. The Balaban J connectivity index is 5.63. The molecule has 0 unspecified atom stereocenters. The van der Waals surface area contributed by atoms with Crippen LogP contribution in [0, 0.1) is 17.8 Å². The molecule has 0 spiro atoms. The molecule has 9 heteroatoms. The third-order valence-electron chi connectivity index (χ3n) is 5.20. The van der Waals surface area contributed by atoms with Gasteiger partial charge < -0.3 is 26.4 Å². The molecule has 0 heterocycles. The lowest BCUT2D eigenvalue weighted by Gasteiger charge is -2.35. The van der Waals surface area contributed by atoms with Crippen molar-refractivity contribution in [3.05, 3.63) is 0 Å². The smallest absolute Gasteiger partial charge is 0.325 e. The van der Waals surface area contributed by atoms with E-state index in [0.717, 1.165) is 0 Å². The fourth-order valence-electron chi connectivity index (χ4n) is 2.82. The highest BCUT2D eigenvalue weighted by molar-refractivity contribution is 5.94. The second-order valence-corrected chi connectivity index (χ2v) is 8.35. The van der Waals surface area contributed by atoms with E-state index < -0.39 is 47.9 Å². The van der Waals surface area contributed by atoms with E-state index in [4.69, 9.17) is 10.8 Å². The molecule has 0 radical (unpaired) electrons. The number of nitrogens with one attached hydrogen (secondary N) is 2. The first-order valence-corrected chi connectivity index (χ1v) is 10.1. The van der Waals surface area contributed by atoms with Gasteiger partial charge in [0.2, 0.25) is 17.7 Å². The number of carbonyl (C=O) groups excluding carboxylic acids is 3. The molecule has 3 amide bonds. The van der Waals surface area contributed by atoms with Gasteiger partial charge >= 0.3 is 5.97 Å². The molecule has 0 aromatic heterocycles. The molecule has 9 nitrogen and oxygen atoms in total. The molecule has 0 aliphatic carbocycles. The van der Waals surface area contributed by atoms with Crippen molar-refractivity contribution < 1.29 is 24.3 Å². The van der Waals surface area contributed by atoms with Gasteiger partial charge in [-0.05, 0) is 24.7 Å². The fraction of sp³-hybridized carbons (Fsp3) is 0.800. The predicted octanol–water partition coefficient (Wildman–Crippen LogP) is 0.573. The maximum atomic E-state index is 13.2. The molecular formula is C20H38N4O5. The summed E-state index contributed by atoms with van der Waals surface area (Å²) in [6.07, 6.45) is 0.605. The Hall–Kier alpha value is -2.16. The summed E-state index contributed by atoms with van der Waals surface area (Å²) in [6, 6.07) is -3.55. The van der Waals surface area contributed by atoms with Crippen molar-refractivity contribution in [1.82, 2.24) is 15.5 Å². The van der Waals surface area contributed by atoms with Gasteiger partial charge in [-0.15, -0.1) is 0 Å². The first-order chi connectivity index (χ1) is 13.3. The van der Waals surface area contributed by atoms with Gasteiger partial charge in [-0.3, -0.25) is 19.2 Å². The zero-order valence-electron chi connectivity index (χ0n) is 18.9. The highest BCUT2D eigenvalue weighted by Crippen LogP contribution is 2.17. The maximum Gasteiger partial charge on any atom is 0.325 e. The standard InChI is InChI=1S/C20H38N4O5/c1-9-12(6)16(18(26)22-13(7)20(28)29)24(8)19(27)15(11(4)5)23-17(25)14(21)10(2)3/h10-16H,9,21H2,1-8H3,(H,22,26)(H,23,25)(H,28,29)/t12-,13-,14-,15-,16-/m0/s1. The zero-order chi connectivity index (χ0) is 23.0. The summed E-state index contributed by atoms with van der Waals surface area (Å²) < 4.78 is 0. The predicted molar refractivity (Wildman–Crippen MR) is 111 cm³/mol. The normalized spacial score (nSPS) is 16.5. The number of likely N-dealkylation sites (N-methyl/N-ethyl adjacent to an activating group) is 1. The van der Waals surface area contributed by atoms with Crippen LogP contribution in [0.4, 0.5) is 0 Å². The maximum absolute atomic E-state index is 13.2. The third kappa shape index (κ3) is 7.64. The summed E-state index contributed by atoms with van der Waals surface area (Å²) >= 11 is 0. The quantitative estimate of drug-likeness (QED) is 0.389. The molecule has 0 bridgehead atoms. The molecule has 5 atom stereocenters. The first-order valence-electron chi connectivity index (χ1n) is 10.1. The number of hydrogen-bond acceptors (Lipinski definition) is 5. The van der Waals surface area contributed by atoms with Crippen LogP contribution in [0.25, 0.3) is 0 Å². The van der Waals surface area contributed by atoms with Crippen molar-refractivity contribution >= 4 is 23.7 Å². The van der Waals surface area contributed by atoms with E-state index in [0.29, 0.717) is 6.42 Å². The first kappa shape index (κ1) is 26.8. The third-order valence-corrected chi connectivity index (χ3v) is 5.20. The van der Waals surface area contributed by atoms with Crippen molar-refractivity contribution in [3.63, 3.8) is 0 Å². The van der Waals surface area contributed by atoms with Gasteiger partial charge in [0.25, 0.3) is 0 Å². The van der Waals surface area contributed by atoms with Crippen LogP contribution in [0.15, 0.2) is 0 Å². The van der Waals surface area contributed by atoms with E-state index in [-0.39, 0.29) is 17.8 Å². The number of aliphatic carboxylic acids is 1. The van der Waals surface area contributed by atoms with Gasteiger partial charge in [0.15, 0.2) is 0 Å². The molecular weight excluding hydrogens is 376 g/mol. The monoisotopic (exact) mass is 414 g/mol. The van der Waals surface area contributed by atoms with Gasteiger partial charge in [0, 0.05) is 7.05 Å². The Bertz CT molecular complexity index is 593.